The second-order valence-electron chi connectivity index (χ2n) is 5.47. The number of aliphatic carboxylic acids is 1. The zero-order chi connectivity index (χ0) is 14.3. The molecule has 2 heterocycles. The first-order valence-electron chi connectivity index (χ1n) is 6.40. The van der Waals surface area contributed by atoms with E-state index < -0.39 is 24.1 Å². The third-order valence-corrected chi connectivity index (χ3v) is 4.47. The van der Waals surface area contributed by atoms with E-state index >= 15 is 0 Å². The Kier molecular flexibility index (Phi) is 3.79. The van der Waals surface area contributed by atoms with Crippen molar-refractivity contribution >= 4 is 5.97 Å². The van der Waals surface area contributed by atoms with Crippen LogP contribution in [-0.4, -0.2) is 54.5 Å². The third-order valence-electron chi connectivity index (χ3n) is 4.47. The van der Waals surface area contributed by atoms with Gasteiger partial charge in [0.25, 0.3) is 0 Å². The van der Waals surface area contributed by atoms with Gasteiger partial charge in [-0.05, 0) is 32.2 Å². The van der Waals surface area contributed by atoms with Crippen molar-refractivity contribution in [2.24, 2.45) is 11.3 Å². The molecule has 0 aromatic carbocycles. The highest BCUT2D eigenvalue weighted by Gasteiger charge is 2.64. The first-order chi connectivity index (χ1) is 8.78. The number of alkyl halides is 3. The van der Waals surface area contributed by atoms with E-state index in [9.17, 15) is 18.0 Å². The predicted molar refractivity (Wildman–Crippen MR) is 60.7 cm³/mol. The third kappa shape index (κ3) is 2.45. The fourth-order valence-corrected chi connectivity index (χ4v) is 2.95. The lowest BCUT2D eigenvalue weighted by Crippen LogP contribution is -2.48. The molecule has 2 saturated heterocycles. The van der Waals surface area contributed by atoms with Crippen molar-refractivity contribution in [3.63, 3.8) is 0 Å². The molecule has 2 rings (SSSR count). The average Bonchev–Trinajstić information content (AvgIpc) is 2.97. The van der Waals surface area contributed by atoms with Crippen LogP contribution in [0.4, 0.5) is 13.2 Å². The number of likely N-dealkylation sites (tertiary alicyclic amines) is 1. The Morgan fingerprint density at radius 2 is 2.21 bits per heavy atom. The smallest absolute Gasteiger partial charge is 0.406 e. The van der Waals surface area contributed by atoms with Crippen molar-refractivity contribution < 1.29 is 27.8 Å². The molecule has 4 nitrogen and oxygen atoms in total. The summed E-state index contributed by atoms with van der Waals surface area (Å²) >= 11 is 0. The lowest BCUT2D eigenvalue weighted by molar-refractivity contribution is -0.228. The first kappa shape index (κ1) is 14.6. The minimum Gasteiger partial charge on any atom is -0.481 e. The van der Waals surface area contributed by atoms with Crippen LogP contribution in [0.3, 0.4) is 0 Å². The van der Waals surface area contributed by atoms with Gasteiger partial charge in [-0.25, -0.2) is 0 Å². The minimum atomic E-state index is -4.71. The summed E-state index contributed by atoms with van der Waals surface area (Å²) < 4.78 is 44.4. The fraction of sp³-hybridized carbons (Fsp3) is 0.917. The van der Waals surface area contributed by atoms with Crippen molar-refractivity contribution in [1.82, 2.24) is 4.90 Å². The van der Waals surface area contributed by atoms with E-state index in [1.807, 2.05) is 6.92 Å². The Labute approximate surface area is 109 Å². The summed E-state index contributed by atoms with van der Waals surface area (Å²) in [7, 11) is 0. The van der Waals surface area contributed by atoms with Crippen molar-refractivity contribution in [2.45, 2.75) is 32.0 Å². The Morgan fingerprint density at radius 3 is 2.63 bits per heavy atom. The molecule has 0 radical (unpaired) electrons. The zero-order valence-electron chi connectivity index (χ0n) is 10.7. The first-order valence-corrected chi connectivity index (χ1v) is 6.40. The molecular weight excluding hydrogens is 263 g/mol. The summed E-state index contributed by atoms with van der Waals surface area (Å²) in [5.41, 5.74) is -2.61. The number of carbonyl (C=O) groups is 1. The summed E-state index contributed by atoms with van der Waals surface area (Å²) in [6.45, 7) is 2.75. The summed E-state index contributed by atoms with van der Waals surface area (Å²) in [5.74, 6) is -1.57. The molecule has 3 atom stereocenters. The molecule has 7 heteroatoms. The standard InChI is InChI=1S/C12H18F3NO3/c1-8(9-2-5-19-6-9)16-4-3-11(7-16,10(17)18)12(13,14)15/h8-9H,2-7H2,1H3,(H,17,18). The van der Waals surface area contributed by atoms with Crippen molar-refractivity contribution in [2.75, 3.05) is 26.3 Å². The maximum atomic E-state index is 13.0. The average molecular weight is 281 g/mol. The summed E-state index contributed by atoms with van der Waals surface area (Å²) in [5, 5.41) is 8.99. The SMILES string of the molecule is CC(C1CCOC1)N1CCC(C(=O)O)(C(F)(F)F)C1. The minimum absolute atomic E-state index is 0.0777. The molecule has 0 bridgehead atoms. The number of nitrogens with zero attached hydrogens (tertiary/aromatic N) is 1. The highest BCUT2D eigenvalue weighted by atomic mass is 19.4. The van der Waals surface area contributed by atoms with Gasteiger partial charge in [0.15, 0.2) is 5.41 Å². The quantitative estimate of drug-likeness (QED) is 0.856. The van der Waals surface area contributed by atoms with Gasteiger partial charge >= 0.3 is 12.1 Å². The van der Waals surface area contributed by atoms with Crippen molar-refractivity contribution in [3.8, 4) is 0 Å². The molecule has 2 fully saturated rings. The number of ether oxygens (including phenoxy) is 1. The molecule has 1 N–H and O–H groups in total. The van der Waals surface area contributed by atoms with Crippen LogP contribution < -0.4 is 0 Å². The summed E-state index contributed by atoms with van der Waals surface area (Å²) in [6.07, 6.45) is -4.26. The highest BCUT2D eigenvalue weighted by Crippen LogP contribution is 2.46. The zero-order valence-corrected chi connectivity index (χ0v) is 10.7. The molecule has 0 aliphatic carbocycles. The van der Waals surface area contributed by atoms with E-state index in [1.165, 1.54) is 0 Å². The fourth-order valence-electron chi connectivity index (χ4n) is 2.95. The number of hydrogen-bond acceptors (Lipinski definition) is 3. The summed E-state index contributed by atoms with van der Waals surface area (Å²) in [6, 6.07) is -0.0777. The van der Waals surface area contributed by atoms with E-state index in [2.05, 4.69) is 0 Å². The van der Waals surface area contributed by atoms with Gasteiger partial charge in [0.2, 0.25) is 0 Å². The second kappa shape index (κ2) is 4.94. The number of rotatable bonds is 3. The Balaban J connectivity index is 2.10. The van der Waals surface area contributed by atoms with Crippen LogP contribution in [0.25, 0.3) is 0 Å². The van der Waals surface area contributed by atoms with Gasteiger partial charge in [-0.1, -0.05) is 0 Å². The Bertz CT molecular complexity index is 355. The maximum absolute atomic E-state index is 13.0. The van der Waals surface area contributed by atoms with E-state index in [4.69, 9.17) is 9.84 Å². The molecule has 0 amide bonds. The monoisotopic (exact) mass is 281 g/mol. The Hall–Kier alpha value is -0.820. The van der Waals surface area contributed by atoms with Gasteiger partial charge in [-0.15, -0.1) is 0 Å². The normalized spacial score (nSPS) is 34.6. The number of hydrogen-bond donors (Lipinski definition) is 1. The van der Waals surface area contributed by atoms with Crippen LogP contribution >= 0.6 is 0 Å². The topological polar surface area (TPSA) is 49.8 Å². The maximum Gasteiger partial charge on any atom is 0.406 e. The number of halogens is 3. The largest absolute Gasteiger partial charge is 0.481 e. The van der Waals surface area contributed by atoms with Crippen LogP contribution in [0, 0.1) is 11.3 Å². The van der Waals surface area contributed by atoms with Gasteiger partial charge in [0.05, 0.1) is 6.61 Å². The van der Waals surface area contributed by atoms with Crippen LogP contribution in [0.5, 0.6) is 0 Å². The van der Waals surface area contributed by atoms with Crippen molar-refractivity contribution in [3.05, 3.63) is 0 Å². The number of carboxylic acid groups (broad SMARTS) is 1. The van der Waals surface area contributed by atoms with Gasteiger partial charge in [0, 0.05) is 19.2 Å². The molecule has 0 spiro atoms. The highest BCUT2D eigenvalue weighted by molar-refractivity contribution is 5.76. The van der Waals surface area contributed by atoms with Gasteiger partial charge in [0.1, 0.15) is 0 Å². The van der Waals surface area contributed by atoms with Gasteiger partial charge < -0.3 is 9.84 Å². The van der Waals surface area contributed by atoms with Gasteiger partial charge in [-0.3, -0.25) is 9.69 Å². The lowest BCUT2D eigenvalue weighted by atomic mass is 9.86. The van der Waals surface area contributed by atoms with Crippen molar-refractivity contribution in [1.29, 1.82) is 0 Å². The molecule has 3 unspecified atom stereocenters. The molecule has 0 saturated carbocycles. The summed E-state index contributed by atoms with van der Waals surface area (Å²) in [4.78, 5) is 12.7. The molecule has 19 heavy (non-hydrogen) atoms. The van der Waals surface area contributed by atoms with Crippen LogP contribution in [-0.2, 0) is 9.53 Å². The molecule has 2 aliphatic rings. The van der Waals surface area contributed by atoms with Crippen LogP contribution in [0.1, 0.15) is 19.8 Å². The molecule has 110 valence electrons. The predicted octanol–water partition coefficient (Wildman–Crippen LogP) is 1.75. The van der Waals surface area contributed by atoms with E-state index in [1.54, 1.807) is 4.90 Å². The molecule has 0 aromatic heterocycles. The van der Waals surface area contributed by atoms with E-state index in [-0.39, 0.29) is 24.9 Å². The number of carboxylic acids is 1. The molecule has 0 aromatic rings. The van der Waals surface area contributed by atoms with Crippen LogP contribution in [0.15, 0.2) is 0 Å². The lowest BCUT2D eigenvalue weighted by Gasteiger charge is -2.31. The Morgan fingerprint density at radius 1 is 1.53 bits per heavy atom. The van der Waals surface area contributed by atoms with Crippen LogP contribution in [0.2, 0.25) is 0 Å². The van der Waals surface area contributed by atoms with E-state index in [0.717, 1.165) is 6.42 Å². The second-order valence-corrected chi connectivity index (χ2v) is 5.47. The van der Waals surface area contributed by atoms with Gasteiger partial charge in [-0.2, -0.15) is 13.2 Å². The van der Waals surface area contributed by atoms with E-state index in [0.29, 0.717) is 13.2 Å². The molecule has 2 aliphatic heterocycles. The molecular formula is C12H18F3NO3.